The number of nitrogens with zero attached hydrogens (tertiary/aromatic N) is 1. The van der Waals surface area contributed by atoms with E-state index in [4.69, 9.17) is 0 Å². The van der Waals surface area contributed by atoms with Gasteiger partial charge < -0.3 is 15.2 Å². The first-order valence-electron chi connectivity index (χ1n) is 7.36. The number of rotatable bonds is 3. The van der Waals surface area contributed by atoms with E-state index in [-0.39, 0.29) is 5.56 Å². The molecular formula is C16H21N3O. The molecule has 1 aromatic heterocycles. The van der Waals surface area contributed by atoms with Crippen molar-refractivity contribution in [2.45, 2.75) is 25.8 Å². The van der Waals surface area contributed by atoms with Crippen LogP contribution in [-0.4, -0.2) is 35.6 Å². The van der Waals surface area contributed by atoms with Crippen molar-refractivity contribution < 1.29 is 0 Å². The molecule has 4 nitrogen and oxygen atoms in total. The van der Waals surface area contributed by atoms with Gasteiger partial charge in [-0.15, -0.1) is 0 Å². The van der Waals surface area contributed by atoms with Gasteiger partial charge in [-0.05, 0) is 55.6 Å². The summed E-state index contributed by atoms with van der Waals surface area (Å²) in [6, 6.07) is 8.42. The van der Waals surface area contributed by atoms with Gasteiger partial charge in [-0.25, -0.2) is 0 Å². The van der Waals surface area contributed by atoms with E-state index in [1.165, 1.54) is 19.4 Å². The summed E-state index contributed by atoms with van der Waals surface area (Å²) in [5.41, 5.74) is 1.08. The van der Waals surface area contributed by atoms with E-state index < -0.39 is 0 Å². The van der Waals surface area contributed by atoms with E-state index in [1.807, 2.05) is 18.2 Å². The number of fused-ring (bicyclic) bond motifs is 1. The Labute approximate surface area is 118 Å². The molecule has 20 heavy (non-hydrogen) atoms. The molecule has 0 amide bonds. The Morgan fingerprint density at radius 3 is 3.15 bits per heavy atom. The standard InChI is InChI=1S/C16H21N3O/c1-2-19-9-3-4-14(11-19)18-13-5-6-15-12(10-13)7-8-17-16(15)20/h5-8,10,14,18H,2-4,9,11H2,1H3,(H,17,20). The number of benzene rings is 1. The number of hydrogen-bond acceptors (Lipinski definition) is 3. The number of piperidine rings is 1. The summed E-state index contributed by atoms with van der Waals surface area (Å²) < 4.78 is 0. The van der Waals surface area contributed by atoms with E-state index in [1.54, 1.807) is 6.20 Å². The summed E-state index contributed by atoms with van der Waals surface area (Å²) in [5.74, 6) is 0. The van der Waals surface area contributed by atoms with Gasteiger partial charge in [0, 0.05) is 29.9 Å². The maximum Gasteiger partial charge on any atom is 0.255 e. The molecule has 0 aliphatic carbocycles. The number of aromatic amines is 1. The Hall–Kier alpha value is -1.81. The molecule has 0 spiro atoms. The average molecular weight is 271 g/mol. The highest BCUT2D eigenvalue weighted by molar-refractivity contribution is 5.84. The van der Waals surface area contributed by atoms with Gasteiger partial charge >= 0.3 is 0 Å². The number of aromatic nitrogens is 1. The Kier molecular flexibility index (Phi) is 3.74. The molecule has 1 unspecified atom stereocenters. The van der Waals surface area contributed by atoms with E-state index in [2.05, 4.69) is 28.2 Å². The zero-order chi connectivity index (χ0) is 13.9. The fraction of sp³-hybridized carbons (Fsp3) is 0.438. The molecule has 4 heteroatoms. The minimum atomic E-state index is -0.0242. The van der Waals surface area contributed by atoms with Gasteiger partial charge in [-0.1, -0.05) is 6.92 Å². The van der Waals surface area contributed by atoms with E-state index >= 15 is 0 Å². The highest BCUT2D eigenvalue weighted by atomic mass is 16.1. The lowest BCUT2D eigenvalue weighted by molar-refractivity contribution is 0.227. The summed E-state index contributed by atoms with van der Waals surface area (Å²) in [6.45, 7) is 5.64. The van der Waals surface area contributed by atoms with Crippen LogP contribution in [-0.2, 0) is 0 Å². The van der Waals surface area contributed by atoms with Gasteiger partial charge in [0.15, 0.2) is 0 Å². The fourth-order valence-corrected chi connectivity index (χ4v) is 2.98. The number of anilines is 1. The lowest BCUT2D eigenvalue weighted by atomic mass is 10.0. The monoisotopic (exact) mass is 271 g/mol. The molecule has 1 fully saturated rings. The number of likely N-dealkylation sites (tertiary alicyclic amines) is 1. The quantitative estimate of drug-likeness (QED) is 0.901. The van der Waals surface area contributed by atoms with Crippen LogP contribution >= 0.6 is 0 Å². The van der Waals surface area contributed by atoms with Crippen molar-refractivity contribution in [3.8, 4) is 0 Å². The molecule has 1 atom stereocenters. The van der Waals surface area contributed by atoms with Gasteiger partial charge in [0.05, 0.1) is 0 Å². The van der Waals surface area contributed by atoms with Crippen molar-refractivity contribution in [2.75, 3.05) is 25.0 Å². The van der Waals surface area contributed by atoms with Crippen LogP contribution < -0.4 is 10.9 Å². The van der Waals surface area contributed by atoms with Gasteiger partial charge in [0.2, 0.25) is 0 Å². The number of likely N-dealkylation sites (N-methyl/N-ethyl adjacent to an activating group) is 1. The van der Waals surface area contributed by atoms with Crippen molar-refractivity contribution in [2.24, 2.45) is 0 Å². The van der Waals surface area contributed by atoms with E-state index in [9.17, 15) is 4.79 Å². The van der Waals surface area contributed by atoms with Crippen molar-refractivity contribution >= 4 is 16.5 Å². The van der Waals surface area contributed by atoms with Crippen molar-refractivity contribution in [3.63, 3.8) is 0 Å². The van der Waals surface area contributed by atoms with Crippen LogP contribution in [0.4, 0.5) is 5.69 Å². The summed E-state index contributed by atoms with van der Waals surface area (Å²) >= 11 is 0. The van der Waals surface area contributed by atoms with E-state index in [0.29, 0.717) is 6.04 Å². The second kappa shape index (κ2) is 5.67. The molecule has 1 saturated heterocycles. The first-order valence-corrected chi connectivity index (χ1v) is 7.36. The molecule has 1 aromatic carbocycles. The Morgan fingerprint density at radius 1 is 1.40 bits per heavy atom. The molecule has 0 saturated carbocycles. The maximum atomic E-state index is 11.7. The highest BCUT2D eigenvalue weighted by Crippen LogP contribution is 2.19. The minimum Gasteiger partial charge on any atom is -0.381 e. The van der Waals surface area contributed by atoms with Crippen LogP contribution in [0.1, 0.15) is 19.8 Å². The SMILES string of the molecule is CCN1CCCC(Nc2ccc3c(=O)[nH]ccc3c2)C1. The Bertz CT molecular complexity index is 649. The smallest absolute Gasteiger partial charge is 0.255 e. The van der Waals surface area contributed by atoms with Crippen LogP contribution in [0.3, 0.4) is 0 Å². The molecular weight excluding hydrogens is 250 g/mol. The van der Waals surface area contributed by atoms with Crippen molar-refractivity contribution in [3.05, 3.63) is 40.8 Å². The summed E-state index contributed by atoms with van der Waals surface area (Å²) in [7, 11) is 0. The molecule has 3 rings (SSSR count). The zero-order valence-electron chi connectivity index (χ0n) is 11.9. The van der Waals surface area contributed by atoms with Crippen LogP contribution in [0.15, 0.2) is 35.3 Å². The van der Waals surface area contributed by atoms with Crippen molar-refractivity contribution in [1.82, 2.24) is 9.88 Å². The number of pyridine rings is 1. The van der Waals surface area contributed by atoms with Crippen LogP contribution in [0, 0.1) is 0 Å². The van der Waals surface area contributed by atoms with Crippen molar-refractivity contribution in [1.29, 1.82) is 0 Å². The Balaban J connectivity index is 1.79. The molecule has 0 radical (unpaired) electrons. The minimum absolute atomic E-state index is 0.0242. The predicted molar refractivity (Wildman–Crippen MR) is 83.3 cm³/mol. The average Bonchev–Trinajstić information content (AvgIpc) is 2.47. The molecule has 1 aliphatic heterocycles. The Morgan fingerprint density at radius 2 is 2.30 bits per heavy atom. The second-order valence-electron chi connectivity index (χ2n) is 5.49. The van der Waals surface area contributed by atoms with Gasteiger partial charge in [0.25, 0.3) is 5.56 Å². The number of H-pyrrole nitrogens is 1. The molecule has 0 bridgehead atoms. The van der Waals surface area contributed by atoms with Gasteiger partial charge in [0.1, 0.15) is 0 Å². The summed E-state index contributed by atoms with van der Waals surface area (Å²) in [5, 5.41) is 5.34. The second-order valence-corrected chi connectivity index (χ2v) is 5.49. The maximum absolute atomic E-state index is 11.7. The van der Waals surface area contributed by atoms with Crippen LogP contribution in [0.5, 0.6) is 0 Å². The lowest BCUT2D eigenvalue weighted by Gasteiger charge is -2.32. The first kappa shape index (κ1) is 13.2. The zero-order valence-corrected chi connectivity index (χ0v) is 11.9. The molecule has 2 heterocycles. The molecule has 106 valence electrons. The fourth-order valence-electron chi connectivity index (χ4n) is 2.98. The topological polar surface area (TPSA) is 48.1 Å². The summed E-state index contributed by atoms with van der Waals surface area (Å²) in [4.78, 5) is 16.9. The molecule has 1 aliphatic rings. The lowest BCUT2D eigenvalue weighted by Crippen LogP contribution is -2.41. The third kappa shape index (κ3) is 2.70. The normalized spacial score (nSPS) is 20.1. The number of nitrogens with one attached hydrogen (secondary N) is 2. The molecule has 2 aromatic rings. The summed E-state index contributed by atoms with van der Waals surface area (Å²) in [6.07, 6.45) is 4.16. The van der Waals surface area contributed by atoms with Crippen LogP contribution in [0.25, 0.3) is 10.8 Å². The molecule has 2 N–H and O–H groups in total. The van der Waals surface area contributed by atoms with Gasteiger partial charge in [-0.2, -0.15) is 0 Å². The largest absolute Gasteiger partial charge is 0.381 e. The first-order chi connectivity index (χ1) is 9.76. The van der Waals surface area contributed by atoms with Gasteiger partial charge in [-0.3, -0.25) is 4.79 Å². The van der Waals surface area contributed by atoms with E-state index in [0.717, 1.165) is 29.5 Å². The third-order valence-corrected chi connectivity index (χ3v) is 4.10. The predicted octanol–water partition coefficient (Wildman–Crippen LogP) is 2.42. The number of hydrogen-bond donors (Lipinski definition) is 2. The highest BCUT2D eigenvalue weighted by Gasteiger charge is 2.18. The third-order valence-electron chi connectivity index (χ3n) is 4.10. The van der Waals surface area contributed by atoms with Crippen LogP contribution in [0.2, 0.25) is 0 Å².